The van der Waals surface area contributed by atoms with E-state index in [-0.39, 0.29) is 35.2 Å². The van der Waals surface area contributed by atoms with E-state index in [1.807, 2.05) is 34.1 Å². The monoisotopic (exact) mass is 499 g/mol. The molecule has 0 bridgehead atoms. The smallest absolute Gasteiger partial charge is 0.342 e. The SMILES string of the molecule is O=C(c1ccc(C(F)(F)F)cc1)N1CCC(C(=O)N2CCC(N3Cc4ccccc4C3=O)CC2)CC1. The molecule has 0 N–H and O–H groups in total. The summed E-state index contributed by atoms with van der Waals surface area (Å²) in [6.45, 7) is 2.63. The van der Waals surface area contributed by atoms with Crippen LogP contribution in [-0.4, -0.2) is 64.6 Å². The van der Waals surface area contributed by atoms with E-state index >= 15 is 0 Å². The van der Waals surface area contributed by atoms with Gasteiger partial charge in [0.2, 0.25) is 5.91 Å². The van der Waals surface area contributed by atoms with Gasteiger partial charge in [-0.15, -0.1) is 0 Å². The van der Waals surface area contributed by atoms with Crippen LogP contribution < -0.4 is 0 Å². The minimum atomic E-state index is -4.44. The zero-order chi connectivity index (χ0) is 25.4. The normalized spacial score (nSPS) is 19.5. The Morgan fingerprint density at radius 2 is 1.42 bits per heavy atom. The highest BCUT2D eigenvalue weighted by atomic mass is 19.4. The molecule has 9 heteroatoms. The third-order valence-electron chi connectivity index (χ3n) is 7.66. The molecular formula is C27H28F3N3O3. The molecule has 2 fully saturated rings. The van der Waals surface area contributed by atoms with Crippen LogP contribution in [0, 0.1) is 5.92 Å². The largest absolute Gasteiger partial charge is 0.416 e. The Bertz CT molecular complexity index is 1150. The first-order chi connectivity index (χ1) is 17.2. The molecule has 0 aromatic heterocycles. The fourth-order valence-electron chi connectivity index (χ4n) is 5.54. The van der Waals surface area contributed by atoms with E-state index < -0.39 is 11.7 Å². The van der Waals surface area contributed by atoms with Crippen molar-refractivity contribution in [1.29, 1.82) is 0 Å². The quantitative estimate of drug-likeness (QED) is 0.636. The molecule has 6 nitrogen and oxygen atoms in total. The van der Waals surface area contributed by atoms with E-state index in [1.165, 1.54) is 12.1 Å². The molecule has 0 radical (unpaired) electrons. The molecule has 3 heterocycles. The van der Waals surface area contributed by atoms with Crippen molar-refractivity contribution >= 4 is 17.7 Å². The molecule has 0 spiro atoms. The predicted octanol–water partition coefficient (Wildman–Crippen LogP) is 4.20. The second-order valence-electron chi connectivity index (χ2n) is 9.79. The number of benzene rings is 2. The molecule has 0 atom stereocenters. The van der Waals surface area contributed by atoms with Gasteiger partial charge in [0, 0.05) is 55.8 Å². The van der Waals surface area contributed by atoms with Crippen LogP contribution in [0.15, 0.2) is 48.5 Å². The molecule has 36 heavy (non-hydrogen) atoms. The molecule has 0 aliphatic carbocycles. The maximum atomic E-state index is 13.1. The van der Waals surface area contributed by atoms with E-state index in [0.29, 0.717) is 45.6 Å². The molecule has 3 aliphatic heterocycles. The molecule has 3 aliphatic rings. The van der Waals surface area contributed by atoms with Crippen LogP contribution in [0.4, 0.5) is 13.2 Å². The van der Waals surface area contributed by atoms with Crippen LogP contribution in [0.1, 0.15) is 57.5 Å². The Labute approximate surface area is 207 Å². The number of nitrogens with zero attached hydrogens (tertiary/aromatic N) is 3. The topological polar surface area (TPSA) is 60.9 Å². The van der Waals surface area contributed by atoms with Gasteiger partial charge in [-0.25, -0.2) is 0 Å². The minimum Gasteiger partial charge on any atom is -0.342 e. The van der Waals surface area contributed by atoms with E-state index in [4.69, 9.17) is 0 Å². The summed E-state index contributed by atoms with van der Waals surface area (Å²) in [5.41, 5.74) is 1.26. The van der Waals surface area contributed by atoms with E-state index in [9.17, 15) is 27.6 Å². The van der Waals surface area contributed by atoms with Crippen molar-refractivity contribution < 1.29 is 27.6 Å². The molecule has 2 aromatic carbocycles. The Balaban J connectivity index is 1.11. The third-order valence-corrected chi connectivity index (χ3v) is 7.66. The summed E-state index contributed by atoms with van der Waals surface area (Å²) in [4.78, 5) is 44.0. The summed E-state index contributed by atoms with van der Waals surface area (Å²) >= 11 is 0. The Morgan fingerprint density at radius 1 is 0.806 bits per heavy atom. The van der Waals surface area contributed by atoms with Crippen molar-refractivity contribution in [2.75, 3.05) is 26.2 Å². The van der Waals surface area contributed by atoms with Gasteiger partial charge in [0.25, 0.3) is 11.8 Å². The lowest BCUT2D eigenvalue weighted by Gasteiger charge is -2.39. The Hall–Kier alpha value is -3.36. The summed E-state index contributed by atoms with van der Waals surface area (Å²) in [5.74, 6) is -0.325. The average Bonchev–Trinajstić information content (AvgIpc) is 3.24. The number of carbonyl (C=O) groups excluding carboxylic acids is 3. The van der Waals surface area contributed by atoms with Crippen molar-refractivity contribution in [3.05, 3.63) is 70.8 Å². The van der Waals surface area contributed by atoms with Crippen molar-refractivity contribution in [3.63, 3.8) is 0 Å². The van der Waals surface area contributed by atoms with Crippen LogP contribution in [0.5, 0.6) is 0 Å². The van der Waals surface area contributed by atoms with E-state index in [0.717, 1.165) is 36.1 Å². The zero-order valence-electron chi connectivity index (χ0n) is 19.8. The number of likely N-dealkylation sites (tertiary alicyclic amines) is 2. The summed E-state index contributed by atoms with van der Waals surface area (Å²) < 4.78 is 38.3. The highest BCUT2D eigenvalue weighted by Gasteiger charge is 2.37. The van der Waals surface area contributed by atoms with Crippen molar-refractivity contribution in [1.82, 2.24) is 14.7 Å². The van der Waals surface area contributed by atoms with Crippen LogP contribution in [0.25, 0.3) is 0 Å². The fourth-order valence-corrected chi connectivity index (χ4v) is 5.54. The van der Waals surface area contributed by atoms with Crippen molar-refractivity contribution in [3.8, 4) is 0 Å². The fraction of sp³-hybridized carbons (Fsp3) is 0.444. The first kappa shape index (κ1) is 24.3. The molecule has 5 rings (SSSR count). The van der Waals surface area contributed by atoms with Gasteiger partial charge in [-0.2, -0.15) is 13.2 Å². The number of halogens is 3. The van der Waals surface area contributed by atoms with Crippen molar-refractivity contribution in [2.24, 2.45) is 5.92 Å². The van der Waals surface area contributed by atoms with Gasteiger partial charge in [0.15, 0.2) is 0 Å². The van der Waals surface area contributed by atoms with Gasteiger partial charge in [-0.1, -0.05) is 18.2 Å². The number of hydrogen-bond donors (Lipinski definition) is 0. The second kappa shape index (κ2) is 9.59. The lowest BCUT2D eigenvalue weighted by molar-refractivity contribution is -0.138. The molecule has 2 saturated heterocycles. The molecule has 190 valence electrons. The Kier molecular flexibility index (Phi) is 6.49. The van der Waals surface area contributed by atoms with Gasteiger partial charge in [-0.3, -0.25) is 14.4 Å². The number of hydrogen-bond acceptors (Lipinski definition) is 3. The number of amides is 3. The molecule has 2 aromatic rings. The number of carbonyl (C=O) groups is 3. The predicted molar refractivity (Wildman–Crippen MR) is 126 cm³/mol. The number of alkyl halides is 3. The summed E-state index contributed by atoms with van der Waals surface area (Å²) in [7, 11) is 0. The number of fused-ring (bicyclic) bond motifs is 1. The van der Waals surface area contributed by atoms with Gasteiger partial charge in [0.1, 0.15) is 0 Å². The minimum absolute atomic E-state index is 0.0699. The lowest BCUT2D eigenvalue weighted by atomic mass is 9.93. The van der Waals surface area contributed by atoms with Gasteiger partial charge in [-0.05, 0) is 61.6 Å². The third kappa shape index (κ3) is 4.70. The molecule has 0 saturated carbocycles. The number of rotatable bonds is 3. The van der Waals surface area contributed by atoms with Gasteiger partial charge in [0.05, 0.1) is 5.56 Å². The second-order valence-corrected chi connectivity index (χ2v) is 9.79. The summed E-state index contributed by atoms with van der Waals surface area (Å²) in [6, 6.07) is 12.0. The highest BCUT2D eigenvalue weighted by Crippen LogP contribution is 2.31. The van der Waals surface area contributed by atoms with Crippen LogP contribution in [0.2, 0.25) is 0 Å². The first-order valence-corrected chi connectivity index (χ1v) is 12.4. The summed E-state index contributed by atoms with van der Waals surface area (Å²) in [5, 5.41) is 0. The van der Waals surface area contributed by atoms with E-state index in [2.05, 4.69) is 0 Å². The van der Waals surface area contributed by atoms with E-state index in [1.54, 1.807) is 4.90 Å². The molecular weight excluding hydrogens is 471 g/mol. The van der Waals surface area contributed by atoms with Crippen LogP contribution in [0.3, 0.4) is 0 Å². The zero-order valence-corrected chi connectivity index (χ0v) is 19.8. The lowest BCUT2D eigenvalue weighted by Crippen LogP contribution is -2.50. The van der Waals surface area contributed by atoms with Crippen molar-refractivity contribution in [2.45, 2.75) is 44.4 Å². The van der Waals surface area contributed by atoms with Gasteiger partial charge >= 0.3 is 6.18 Å². The first-order valence-electron chi connectivity index (χ1n) is 12.4. The van der Waals surface area contributed by atoms with Gasteiger partial charge < -0.3 is 14.7 Å². The summed E-state index contributed by atoms with van der Waals surface area (Å²) in [6.07, 6.45) is -1.88. The van der Waals surface area contributed by atoms with Crippen LogP contribution >= 0.6 is 0 Å². The highest BCUT2D eigenvalue weighted by molar-refractivity contribution is 5.98. The van der Waals surface area contributed by atoms with Crippen LogP contribution in [-0.2, 0) is 17.5 Å². The maximum absolute atomic E-state index is 13.1. The maximum Gasteiger partial charge on any atom is 0.416 e. The number of piperidine rings is 2. The average molecular weight is 500 g/mol. The Morgan fingerprint density at radius 3 is 2.03 bits per heavy atom. The standard InChI is InChI=1S/C27H28F3N3O3/c28-27(29,30)21-7-5-18(6-8-21)24(34)31-13-9-19(10-14-31)25(35)32-15-11-22(12-16-32)33-17-20-3-1-2-4-23(20)26(33)36/h1-8,19,22H,9-17H2. The molecule has 0 unspecified atom stereocenters. The molecule has 3 amide bonds.